The molecule has 4 heteroatoms. The summed E-state index contributed by atoms with van der Waals surface area (Å²) in [5.41, 5.74) is -0.286. The largest absolute Gasteiger partial charge is 0.383 e. The molecule has 102 valence electrons. The minimum Gasteiger partial charge on any atom is -0.383 e. The molecule has 0 unspecified atom stereocenters. The normalized spacial score (nSPS) is 22.7. The fourth-order valence-corrected chi connectivity index (χ4v) is 2.43. The molecule has 0 aromatic carbocycles. The van der Waals surface area contributed by atoms with Gasteiger partial charge in [0.25, 0.3) is 0 Å². The van der Waals surface area contributed by atoms with Crippen LogP contribution < -0.4 is 0 Å². The molecule has 0 radical (unpaired) electrons. The third kappa shape index (κ3) is 3.94. The van der Waals surface area contributed by atoms with Crippen LogP contribution in [0, 0.1) is 0 Å². The molecule has 0 saturated carbocycles. The van der Waals surface area contributed by atoms with Crippen molar-refractivity contribution in [3.63, 3.8) is 0 Å². The van der Waals surface area contributed by atoms with Crippen molar-refractivity contribution in [1.82, 2.24) is 4.90 Å². The number of piperidine rings is 1. The zero-order valence-electron chi connectivity index (χ0n) is 11.5. The van der Waals surface area contributed by atoms with E-state index in [1.54, 1.807) is 6.20 Å². The van der Waals surface area contributed by atoms with Crippen LogP contribution in [0.25, 0.3) is 0 Å². The van der Waals surface area contributed by atoms with E-state index in [1.807, 2.05) is 26.0 Å². The second kappa shape index (κ2) is 7.07. The van der Waals surface area contributed by atoms with Crippen LogP contribution in [0.1, 0.15) is 33.1 Å². The maximum atomic E-state index is 10.8. The average molecular weight is 271 g/mol. The highest BCUT2D eigenvalue weighted by Crippen LogP contribution is 2.28. The highest BCUT2D eigenvalue weighted by Gasteiger charge is 2.37. The maximum absolute atomic E-state index is 10.8. The molecular weight excluding hydrogens is 248 g/mol. The Bertz CT molecular complexity index is 353. The second-order valence-corrected chi connectivity index (χ2v) is 5.16. The summed E-state index contributed by atoms with van der Waals surface area (Å²) >= 11 is 6.26. The average Bonchev–Trinajstić information content (AvgIpc) is 2.34. The first-order valence-corrected chi connectivity index (χ1v) is 6.87. The SMILES string of the molecule is C\C=C/N=C(/C(Cl)=C/CC)C1(O)CCN(C)CC1. The van der Waals surface area contributed by atoms with Gasteiger partial charge >= 0.3 is 0 Å². The summed E-state index contributed by atoms with van der Waals surface area (Å²) in [6.45, 7) is 5.65. The van der Waals surface area contributed by atoms with Crippen LogP contribution in [0.2, 0.25) is 0 Å². The van der Waals surface area contributed by atoms with E-state index in [1.165, 1.54) is 0 Å². The Morgan fingerprint density at radius 3 is 2.56 bits per heavy atom. The molecule has 0 atom stereocenters. The molecule has 18 heavy (non-hydrogen) atoms. The minimum atomic E-state index is -0.894. The topological polar surface area (TPSA) is 35.8 Å². The van der Waals surface area contributed by atoms with Gasteiger partial charge in [0.15, 0.2) is 0 Å². The van der Waals surface area contributed by atoms with Gasteiger partial charge in [0.1, 0.15) is 5.60 Å². The van der Waals surface area contributed by atoms with Crippen LogP contribution >= 0.6 is 11.6 Å². The lowest BCUT2D eigenvalue weighted by Gasteiger charge is -2.37. The zero-order valence-corrected chi connectivity index (χ0v) is 12.2. The minimum absolute atomic E-state index is 0.572. The van der Waals surface area contributed by atoms with Gasteiger partial charge in [-0.05, 0) is 33.2 Å². The van der Waals surface area contributed by atoms with Crippen molar-refractivity contribution < 1.29 is 5.11 Å². The van der Waals surface area contributed by atoms with E-state index in [2.05, 4.69) is 16.9 Å². The number of hydrogen-bond acceptors (Lipinski definition) is 3. The summed E-state index contributed by atoms with van der Waals surface area (Å²) in [4.78, 5) is 6.56. The molecule has 0 aromatic heterocycles. The van der Waals surface area contributed by atoms with Crippen LogP contribution in [0.4, 0.5) is 0 Å². The summed E-state index contributed by atoms with van der Waals surface area (Å²) in [6.07, 6.45) is 7.62. The molecule has 1 saturated heterocycles. The van der Waals surface area contributed by atoms with Gasteiger partial charge in [-0.2, -0.15) is 0 Å². The van der Waals surface area contributed by atoms with E-state index in [4.69, 9.17) is 11.6 Å². The Kier molecular flexibility index (Phi) is 6.06. The Balaban J connectivity index is 2.99. The number of aliphatic imine (C=N–C) groups is 1. The van der Waals surface area contributed by atoms with Gasteiger partial charge < -0.3 is 10.0 Å². The molecule has 1 heterocycles. The molecule has 1 aliphatic rings. The first-order chi connectivity index (χ1) is 8.53. The van der Waals surface area contributed by atoms with Crippen LogP contribution in [0.15, 0.2) is 28.4 Å². The van der Waals surface area contributed by atoms with Gasteiger partial charge in [-0.1, -0.05) is 30.7 Å². The Hall–Kier alpha value is -0.640. The van der Waals surface area contributed by atoms with E-state index >= 15 is 0 Å². The van der Waals surface area contributed by atoms with Crippen molar-refractivity contribution in [1.29, 1.82) is 0 Å². The van der Waals surface area contributed by atoms with Gasteiger partial charge in [0, 0.05) is 19.3 Å². The number of rotatable bonds is 4. The van der Waals surface area contributed by atoms with Crippen LogP contribution in [0.3, 0.4) is 0 Å². The van der Waals surface area contributed by atoms with E-state index < -0.39 is 5.60 Å². The van der Waals surface area contributed by atoms with Crippen LogP contribution in [-0.4, -0.2) is 41.5 Å². The number of hydrogen-bond donors (Lipinski definition) is 1. The number of nitrogens with zero attached hydrogens (tertiary/aromatic N) is 2. The van der Waals surface area contributed by atoms with Crippen molar-refractivity contribution in [3.05, 3.63) is 23.4 Å². The molecule has 0 aliphatic carbocycles. The smallest absolute Gasteiger partial charge is 0.110 e. The lowest BCUT2D eigenvalue weighted by Crippen LogP contribution is -2.48. The summed E-state index contributed by atoms with van der Waals surface area (Å²) in [5.74, 6) is 0. The van der Waals surface area contributed by atoms with Crippen molar-refractivity contribution in [3.8, 4) is 0 Å². The van der Waals surface area contributed by atoms with E-state index in [0.717, 1.165) is 19.5 Å². The third-order valence-electron chi connectivity index (χ3n) is 3.22. The highest BCUT2D eigenvalue weighted by molar-refractivity contribution is 6.44. The molecule has 0 spiro atoms. The molecule has 1 rings (SSSR count). The summed E-state index contributed by atoms with van der Waals surface area (Å²) in [6, 6.07) is 0. The number of aliphatic hydroxyl groups is 1. The Labute approximate surface area is 115 Å². The molecule has 0 bridgehead atoms. The fourth-order valence-electron chi connectivity index (χ4n) is 2.05. The van der Waals surface area contributed by atoms with Gasteiger partial charge in [0.2, 0.25) is 0 Å². The lowest BCUT2D eigenvalue weighted by molar-refractivity contribution is 0.0443. The summed E-state index contributed by atoms with van der Waals surface area (Å²) in [5, 5.41) is 11.3. The van der Waals surface area contributed by atoms with Crippen molar-refractivity contribution in [2.24, 2.45) is 4.99 Å². The molecule has 1 aliphatic heterocycles. The van der Waals surface area contributed by atoms with Crippen LogP contribution in [-0.2, 0) is 0 Å². The van der Waals surface area contributed by atoms with E-state index in [9.17, 15) is 5.11 Å². The first kappa shape index (κ1) is 15.4. The molecule has 0 amide bonds. The molecule has 3 nitrogen and oxygen atoms in total. The quantitative estimate of drug-likeness (QED) is 0.798. The molecular formula is C14H23ClN2O. The summed E-state index contributed by atoms with van der Waals surface area (Å²) < 4.78 is 0. The second-order valence-electron chi connectivity index (χ2n) is 4.76. The van der Waals surface area contributed by atoms with Gasteiger partial charge in [-0.15, -0.1) is 0 Å². The molecule has 1 N–H and O–H groups in total. The van der Waals surface area contributed by atoms with Gasteiger partial charge in [0.05, 0.1) is 10.7 Å². The highest BCUT2D eigenvalue weighted by atomic mass is 35.5. The Morgan fingerprint density at radius 2 is 2.06 bits per heavy atom. The number of likely N-dealkylation sites (tertiary alicyclic amines) is 1. The predicted octanol–water partition coefficient (Wildman–Crippen LogP) is 2.95. The summed E-state index contributed by atoms with van der Waals surface area (Å²) in [7, 11) is 2.06. The van der Waals surface area contributed by atoms with Crippen molar-refractivity contribution in [2.75, 3.05) is 20.1 Å². The van der Waals surface area contributed by atoms with E-state index in [0.29, 0.717) is 23.6 Å². The van der Waals surface area contributed by atoms with Crippen LogP contribution in [0.5, 0.6) is 0 Å². The molecule has 0 aromatic rings. The standard InChI is InChI=1S/C14H23ClN2O/c1-4-6-12(15)13(16-9-5-2)14(18)7-10-17(3)11-8-14/h5-6,9,18H,4,7-8,10-11H2,1-3H3/b9-5-,12-6-,16-13-. The monoisotopic (exact) mass is 270 g/mol. The fraction of sp³-hybridized carbons (Fsp3) is 0.643. The van der Waals surface area contributed by atoms with E-state index in [-0.39, 0.29) is 0 Å². The van der Waals surface area contributed by atoms with Gasteiger partial charge in [-0.25, -0.2) is 0 Å². The van der Waals surface area contributed by atoms with Crippen molar-refractivity contribution >= 4 is 17.3 Å². The lowest BCUT2D eigenvalue weighted by atomic mass is 9.86. The first-order valence-electron chi connectivity index (χ1n) is 6.50. The zero-order chi connectivity index (χ0) is 13.6. The van der Waals surface area contributed by atoms with Gasteiger partial charge in [-0.3, -0.25) is 4.99 Å². The molecule has 1 fully saturated rings. The predicted molar refractivity (Wildman–Crippen MR) is 78.2 cm³/mol. The Morgan fingerprint density at radius 1 is 1.44 bits per heavy atom. The number of halogens is 1. The third-order valence-corrected chi connectivity index (χ3v) is 3.55. The number of allylic oxidation sites excluding steroid dienone is 2. The maximum Gasteiger partial charge on any atom is 0.110 e. The van der Waals surface area contributed by atoms with Crippen molar-refractivity contribution in [2.45, 2.75) is 38.7 Å².